The number of piperidine rings is 1. The number of hydrogen-bond acceptors (Lipinski definition) is 3. The Morgan fingerprint density at radius 1 is 1.24 bits per heavy atom. The van der Waals surface area contributed by atoms with Gasteiger partial charge in [0.2, 0.25) is 0 Å². The lowest BCUT2D eigenvalue weighted by molar-refractivity contribution is 0.00955. The molecule has 0 radical (unpaired) electrons. The van der Waals surface area contributed by atoms with Gasteiger partial charge in [0.05, 0.1) is 5.60 Å². The standard InChI is InChI=1S/C18H30N2O/c1-15(2)18(3,21)14-19-17-9-11-20(12-10-17)13-16-7-5-4-6-8-16/h4-8,15,17,19,21H,9-14H2,1-3H3. The maximum absolute atomic E-state index is 10.3. The molecule has 0 saturated carbocycles. The monoisotopic (exact) mass is 290 g/mol. The predicted molar refractivity (Wildman–Crippen MR) is 88.2 cm³/mol. The van der Waals surface area contributed by atoms with Gasteiger partial charge in [-0.1, -0.05) is 44.2 Å². The van der Waals surface area contributed by atoms with Gasteiger partial charge in [-0.15, -0.1) is 0 Å². The number of nitrogens with one attached hydrogen (secondary N) is 1. The van der Waals surface area contributed by atoms with Crippen molar-refractivity contribution in [2.24, 2.45) is 5.92 Å². The number of likely N-dealkylation sites (tertiary alicyclic amines) is 1. The summed E-state index contributed by atoms with van der Waals surface area (Å²) < 4.78 is 0. The van der Waals surface area contributed by atoms with E-state index in [4.69, 9.17) is 0 Å². The molecule has 1 atom stereocenters. The van der Waals surface area contributed by atoms with Crippen LogP contribution >= 0.6 is 0 Å². The molecule has 1 aromatic carbocycles. The van der Waals surface area contributed by atoms with Crippen LogP contribution in [0.2, 0.25) is 0 Å². The van der Waals surface area contributed by atoms with E-state index in [1.807, 2.05) is 6.92 Å². The largest absolute Gasteiger partial charge is 0.389 e. The normalized spacial score (nSPS) is 20.6. The van der Waals surface area contributed by atoms with Gasteiger partial charge in [0.25, 0.3) is 0 Å². The highest BCUT2D eigenvalue weighted by Crippen LogP contribution is 2.17. The summed E-state index contributed by atoms with van der Waals surface area (Å²) >= 11 is 0. The number of aliphatic hydroxyl groups is 1. The second-order valence-electron chi connectivity index (χ2n) is 6.93. The highest BCUT2D eigenvalue weighted by molar-refractivity contribution is 5.14. The third kappa shape index (κ3) is 5.10. The van der Waals surface area contributed by atoms with Crippen molar-refractivity contribution in [3.8, 4) is 0 Å². The van der Waals surface area contributed by atoms with Crippen molar-refractivity contribution in [3.05, 3.63) is 35.9 Å². The molecule has 1 fully saturated rings. The van der Waals surface area contributed by atoms with Crippen LogP contribution in [0.1, 0.15) is 39.2 Å². The first kappa shape index (κ1) is 16.5. The minimum atomic E-state index is -0.610. The topological polar surface area (TPSA) is 35.5 Å². The summed E-state index contributed by atoms with van der Waals surface area (Å²) in [6.07, 6.45) is 2.34. The number of rotatable bonds is 6. The van der Waals surface area contributed by atoms with Crippen LogP contribution < -0.4 is 5.32 Å². The first-order chi connectivity index (χ1) is 9.97. The Kier molecular flexibility index (Phi) is 5.80. The van der Waals surface area contributed by atoms with E-state index in [9.17, 15) is 5.11 Å². The van der Waals surface area contributed by atoms with E-state index in [2.05, 4.69) is 54.4 Å². The molecule has 0 bridgehead atoms. The quantitative estimate of drug-likeness (QED) is 0.845. The molecule has 1 saturated heterocycles. The molecule has 3 nitrogen and oxygen atoms in total. The summed E-state index contributed by atoms with van der Waals surface area (Å²) in [6, 6.07) is 11.2. The minimum absolute atomic E-state index is 0.281. The van der Waals surface area contributed by atoms with Crippen LogP contribution in [0.25, 0.3) is 0 Å². The molecule has 0 aliphatic carbocycles. The van der Waals surface area contributed by atoms with E-state index in [1.54, 1.807) is 0 Å². The molecule has 3 heteroatoms. The van der Waals surface area contributed by atoms with Gasteiger partial charge >= 0.3 is 0 Å². The van der Waals surface area contributed by atoms with Gasteiger partial charge in [0, 0.05) is 19.1 Å². The summed E-state index contributed by atoms with van der Waals surface area (Å²) in [5.41, 5.74) is 0.785. The Labute approximate surface area is 129 Å². The minimum Gasteiger partial charge on any atom is -0.389 e. The molecule has 0 amide bonds. The van der Waals surface area contributed by atoms with Gasteiger partial charge in [-0.25, -0.2) is 0 Å². The summed E-state index contributed by atoms with van der Waals surface area (Å²) in [4.78, 5) is 2.52. The fourth-order valence-corrected chi connectivity index (χ4v) is 2.69. The number of nitrogens with zero attached hydrogens (tertiary/aromatic N) is 1. The number of hydrogen-bond donors (Lipinski definition) is 2. The highest BCUT2D eigenvalue weighted by Gasteiger charge is 2.27. The molecule has 1 aromatic rings. The van der Waals surface area contributed by atoms with Crippen molar-refractivity contribution in [2.45, 2.75) is 51.8 Å². The Balaban J connectivity index is 1.71. The van der Waals surface area contributed by atoms with Gasteiger partial charge in [-0.3, -0.25) is 4.90 Å². The average molecular weight is 290 g/mol. The zero-order chi connectivity index (χ0) is 15.3. The van der Waals surface area contributed by atoms with Gasteiger partial charge in [0.1, 0.15) is 0 Å². The van der Waals surface area contributed by atoms with Crippen molar-refractivity contribution in [3.63, 3.8) is 0 Å². The van der Waals surface area contributed by atoms with Crippen molar-refractivity contribution >= 4 is 0 Å². The van der Waals surface area contributed by atoms with Crippen LogP contribution in [-0.4, -0.2) is 41.3 Å². The Morgan fingerprint density at radius 2 is 1.86 bits per heavy atom. The Bertz CT molecular complexity index is 408. The summed E-state index contributed by atoms with van der Waals surface area (Å²) in [5.74, 6) is 0.281. The second kappa shape index (κ2) is 7.39. The Morgan fingerprint density at radius 3 is 2.43 bits per heavy atom. The third-order valence-electron chi connectivity index (χ3n) is 4.83. The zero-order valence-electron chi connectivity index (χ0n) is 13.7. The summed E-state index contributed by atoms with van der Waals surface area (Å²) in [5, 5.41) is 13.8. The zero-order valence-corrected chi connectivity index (χ0v) is 13.7. The molecule has 1 heterocycles. The van der Waals surface area contributed by atoms with Crippen LogP contribution in [0.4, 0.5) is 0 Å². The SMILES string of the molecule is CC(C)C(C)(O)CNC1CCN(Cc2ccccc2)CC1. The smallest absolute Gasteiger partial charge is 0.0766 e. The fourth-order valence-electron chi connectivity index (χ4n) is 2.69. The molecule has 0 aromatic heterocycles. The van der Waals surface area contributed by atoms with E-state index in [0.717, 1.165) is 19.6 Å². The molecule has 118 valence electrons. The molecule has 2 N–H and O–H groups in total. The molecular weight excluding hydrogens is 260 g/mol. The van der Waals surface area contributed by atoms with Gasteiger partial charge in [-0.2, -0.15) is 0 Å². The molecule has 2 rings (SSSR count). The highest BCUT2D eigenvalue weighted by atomic mass is 16.3. The predicted octanol–water partition coefficient (Wildman–Crippen LogP) is 2.65. The summed E-state index contributed by atoms with van der Waals surface area (Å²) in [7, 11) is 0. The van der Waals surface area contributed by atoms with Gasteiger partial charge in [-0.05, 0) is 44.3 Å². The molecular formula is C18H30N2O. The molecule has 0 spiro atoms. The average Bonchev–Trinajstić information content (AvgIpc) is 2.47. The van der Waals surface area contributed by atoms with Gasteiger partial charge < -0.3 is 10.4 Å². The van der Waals surface area contributed by atoms with E-state index in [1.165, 1.54) is 18.4 Å². The van der Waals surface area contributed by atoms with Crippen LogP contribution in [0.5, 0.6) is 0 Å². The van der Waals surface area contributed by atoms with Crippen LogP contribution in [0, 0.1) is 5.92 Å². The molecule has 21 heavy (non-hydrogen) atoms. The van der Waals surface area contributed by atoms with E-state index < -0.39 is 5.60 Å². The van der Waals surface area contributed by atoms with Gasteiger partial charge in [0.15, 0.2) is 0 Å². The fraction of sp³-hybridized carbons (Fsp3) is 0.667. The third-order valence-corrected chi connectivity index (χ3v) is 4.83. The maximum Gasteiger partial charge on any atom is 0.0766 e. The van der Waals surface area contributed by atoms with Crippen molar-refractivity contribution in [1.29, 1.82) is 0 Å². The van der Waals surface area contributed by atoms with E-state index in [0.29, 0.717) is 12.6 Å². The lowest BCUT2D eigenvalue weighted by atomic mass is 9.92. The molecule has 1 aliphatic heterocycles. The van der Waals surface area contributed by atoms with Crippen molar-refractivity contribution in [1.82, 2.24) is 10.2 Å². The molecule has 1 unspecified atom stereocenters. The lowest BCUT2D eigenvalue weighted by Gasteiger charge is -2.35. The van der Waals surface area contributed by atoms with Crippen LogP contribution in [0.3, 0.4) is 0 Å². The van der Waals surface area contributed by atoms with Crippen LogP contribution in [-0.2, 0) is 6.54 Å². The lowest BCUT2D eigenvalue weighted by Crippen LogP contribution is -2.49. The number of benzene rings is 1. The van der Waals surface area contributed by atoms with Crippen molar-refractivity contribution in [2.75, 3.05) is 19.6 Å². The van der Waals surface area contributed by atoms with Crippen molar-refractivity contribution < 1.29 is 5.11 Å². The molecule has 1 aliphatic rings. The summed E-state index contributed by atoms with van der Waals surface area (Å²) in [6.45, 7) is 10.1. The second-order valence-corrected chi connectivity index (χ2v) is 6.93. The van der Waals surface area contributed by atoms with E-state index in [-0.39, 0.29) is 5.92 Å². The maximum atomic E-state index is 10.3. The first-order valence-corrected chi connectivity index (χ1v) is 8.19. The van der Waals surface area contributed by atoms with E-state index >= 15 is 0 Å². The Hall–Kier alpha value is -0.900. The van der Waals surface area contributed by atoms with Crippen LogP contribution in [0.15, 0.2) is 30.3 Å². The first-order valence-electron chi connectivity index (χ1n) is 8.19.